The number of aryl methyl sites for hydroxylation is 1. The van der Waals surface area contributed by atoms with Crippen molar-refractivity contribution in [2.75, 3.05) is 12.0 Å². The third-order valence-corrected chi connectivity index (χ3v) is 6.11. The highest BCUT2D eigenvalue weighted by Gasteiger charge is 2.44. The lowest BCUT2D eigenvalue weighted by Crippen LogP contribution is -2.44. The molecule has 5 heteroatoms. The second-order valence-corrected chi connectivity index (χ2v) is 9.00. The number of rotatable bonds is 3. The Morgan fingerprint density at radius 1 is 1.10 bits per heavy atom. The van der Waals surface area contributed by atoms with Gasteiger partial charge in [-0.3, -0.25) is 14.5 Å². The fraction of sp³-hybridized carbons (Fsp3) is 0.360. The summed E-state index contributed by atoms with van der Waals surface area (Å²) in [5.74, 6) is 0.100. The molecule has 30 heavy (non-hydrogen) atoms. The zero-order valence-corrected chi connectivity index (χ0v) is 17.9. The molecule has 0 aromatic heterocycles. The van der Waals surface area contributed by atoms with Crippen LogP contribution in [-0.2, 0) is 9.59 Å². The number of methoxy groups -OCH3 is 1. The maximum Gasteiger partial charge on any atom is 0.232 e. The van der Waals surface area contributed by atoms with Crippen LogP contribution in [0.15, 0.2) is 53.7 Å². The fourth-order valence-electron chi connectivity index (χ4n) is 4.70. The minimum absolute atomic E-state index is 0.0226. The number of ether oxygens (including phenoxy) is 1. The van der Waals surface area contributed by atoms with E-state index in [0.717, 1.165) is 22.5 Å². The van der Waals surface area contributed by atoms with Crippen molar-refractivity contribution in [3.63, 3.8) is 0 Å². The molecule has 0 bridgehead atoms. The summed E-state index contributed by atoms with van der Waals surface area (Å²) in [4.78, 5) is 28.5. The van der Waals surface area contributed by atoms with Crippen molar-refractivity contribution < 1.29 is 19.4 Å². The Morgan fingerprint density at radius 3 is 2.53 bits per heavy atom. The lowest BCUT2D eigenvalue weighted by molar-refractivity contribution is -0.121. The number of nitrogens with zero attached hydrogens (tertiary/aromatic N) is 1. The molecule has 4 rings (SSSR count). The number of allylic oxidation sites excluding steroid dienone is 2. The molecular formula is C25H27NO4. The van der Waals surface area contributed by atoms with E-state index in [1.807, 2.05) is 31.2 Å². The summed E-state index contributed by atoms with van der Waals surface area (Å²) in [6.07, 6.45) is 1.31. The highest BCUT2D eigenvalue weighted by molar-refractivity contribution is 6.08. The molecule has 1 heterocycles. The van der Waals surface area contributed by atoms with Crippen LogP contribution >= 0.6 is 0 Å². The van der Waals surface area contributed by atoms with Crippen LogP contribution in [0.1, 0.15) is 50.2 Å². The SMILES string of the molecule is COc1cc(C2CC(=O)N(c3ccccc3C)C3=C2C(=O)CC(C)(C)C3)ccc1O. The van der Waals surface area contributed by atoms with Gasteiger partial charge in [0, 0.05) is 30.0 Å². The smallest absolute Gasteiger partial charge is 0.232 e. The number of hydrogen-bond acceptors (Lipinski definition) is 4. The van der Waals surface area contributed by atoms with Gasteiger partial charge in [0.25, 0.3) is 0 Å². The summed E-state index contributed by atoms with van der Waals surface area (Å²) in [6, 6.07) is 12.9. The molecule has 1 aliphatic heterocycles. The Hall–Kier alpha value is -3.08. The minimum atomic E-state index is -0.342. The Labute approximate surface area is 177 Å². The Morgan fingerprint density at radius 2 is 1.83 bits per heavy atom. The molecule has 1 unspecified atom stereocenters. The van der Waals surface area contributed by atoms with Crippen molar-refractivity contribution in [2.24, 2.45) is 5.41 Å². The van der Waals surface area contributed by atoms with Crippen molar-refractivity contribution in [1.29, 1.82) is 0 Å². The molecule has 1 N–H and O–H groups in total. The zero-order chi connectivity index (χ0) is 21.6. The molecule has 1 amide bonds. The van der Waals surface area contributed by atoms with Crippen molar-refractivity contribution in [3.8, 4) is 11.5 Å². The first-order valence-corrected chi connectivity index (χ1v) is 10.2. The highest BCUT2D eigenvalue weighted by atomic mass is 16.5. The summed E-state index contributed by atoms with van der Waals surface area (Å²) in [5.41, 5.74) is 3.94. The van der Waals surface area contributed by atoms with Gasteiger partial charge in [0.1, 0.15) is 0 Å². The summed E-state index contributed by atoms with van der Waals surface area (Å²) in [6.45, 7) is 6.13. The molecule has 1 atom stereocenters. The standard InChI is InChI=1S/C25H27NO4/c1-15-7-5-6-8-18(15)26-19-13-25(2,3)14-21(28)24(19)17(12-23(26)29)16-9-10-20(27)22(11-16)30-4/h5-11,17,27H,12-14H2,1-4H3. The molecule has 0 radical (unpaired) electrons. The van der Waals surface area contributed by atoms with E-state index in [1.54, 1.807) is 23.1 Å². The minimum Gasteiger partial charge on any atom is -0.504 e. The predicted octanol–water partition coefficient (Wildman–Crippen LogP) is 4.87. The highest BCUT2D eigenvalue weighted by Crippen LogP contribution is 2.49. The van der Waals surface area contributed by atoms with E-state index in [1.165, 1.54) is 7.11 Å². The van der Waals surface area contributed by atoms with Crippen molar-refractivity contribution in [1.82, 2.24) is 0 Å². The monoisotopic (exact) mass is 405 g/mol. The molecule has 156 valence electrons. The van der Waals surface area contributed by atoms with Crippen molar-refractivity contribution in [3.05, 3.63) is 64.9 Å². The number of Topliss-reactive ketones (excluding diaryl/α,β-unsaturated/α-hetero) is 1. The van der Waals surface area contributed by atoms with Gasteiger partial charge in [-0.1, -0.05) is 38.1 Å². The van der Waals surface area contributed by atoms with Gasteiger partial charge in [-0.05, 0) is 48.1 Å². The third kappa shape index (κ3) is 3.38. The van der Waals surface area contributed by atoms with Gasteiger partial charge in [-0.25, -0.2) is 0 Å². The lowest BCUT2D eigenvalue weighted by Gasteiger charge is -2.43. The number of carbonyl (C=O) groups excluding carboxylic acids is 2. The van der Waals surface area contributed by atoms with E-state index in [4.69, 9.17) is 4.74 Å². The topological polar surface area (TPSA) is 66.8 Å². The van der Waals surface area contributed by atoms with Crippen LogP contribution in [0.25, 0.3) is 0 Å². The normalized spacial score (nSPS) is 20.9. The van der Waals surface area contributed by atoms with E-state index >= 15 is 0 Å². The summed E-state index contributed by atoms with van der Waals surface area (Å²) < 4.78 is 5.26. The number of amides is 1. The van der Waals surface area contributed by atoms with Crippen LogP contribution in [0.3, 0.4) is 0 Å². The van der Waals surface area contributed by atoms with E-state index in [9.17, 15) is 14.7 Å². The number of anilines is 1. The molecule has 0 saturated heterocycles. The predicted molar refractivity (Wildman–Crippen MR) is 116 cm³/mol. The molecule has 2 aromatic carbocycles. The summed E-state index contributed by atoms with van der Waals surface area (Å²) >= 11 is 0. The average molecular weight is 405 g/mol. The van der Waals surface area contributed by atoms with Crippen LogP contribution in [0.4, 0.5) is 5.69 Å². The lowest BCUT2D eigenvalue weighted by atomic mass is 9.69. The fourth-order valence-corrected chi connectivity index (χ4v) is 4.70. The van der Waals surface area contributed by atoms with E-state index in [0.29, 0.717) is 24.2 Å². The molecule has 5 nitrogen and oxygen atoms in total. The third-order valence-electron chi connectivity index (χ3n) is 6.11. The molecular weight excluding hydrogens is 378 g/mol. The first kappa shape index (κ1) is 20.2. The van der Waals surface area contributed by atoms with Gasteiger partial charge in [-0.15, -0.1) is 0 Å². The number of benzene rings is 2. The van der Waals surface area contributed by atoms with Gasteiger partial charge in [0.05, 0.1) is 12.8 Å². The second-order valence-electron chi connectivity index (χ2n) is 9.00. The van der Waals surface area contributed by atoms with E-state index in [-0.39, 0.29) is 35.2 Å². The molecule has 0 spiro atoms. The van der Waals surface area contributed by atoms with Gasteiger partial charge in [0.15, 0.2) is 17.3 Å². The van der Waals surface area contributed by atoms with E-state index < -0.39 is 0 Å². The van der Waals surface area contributed by atoms with Gasteiger partial charge >= 0.3 is 0 Å². The Balaban J connectivity index is 1.91. The quantitative estimate of drug-likeness (QED) is 0.791. The number of ketones is 1. The zero-order valence-electron chi connectivity index (χ0n) is 17.9. The summed E-state index contributed by atoms with van der Waals surface area (Å²) in [5, 5.41) is 9.98. The molecule has 2 aromatic rings. The number of aromatic hydroxyl groups is 1. The summed E-state index contributed by atoms with van der Waals surface area (Å²) in [7, 11) is 1.49. The average Bonchev–Trinajstić information content (AvgIpc) is 2.68. The van der Waals surface area contributed by atoms with E-state index in [2.05, 4.69) is 13.8 Å². The first-order chi connectivity index (χ1) is 14.2. The molecule has 0 saturated carbocycles. The Kier molecular flexibility index (Phi) is 4.92. The number of para-hydroxylation sites is 1. The number of hydrogen-bond donors (Lipinski definition) is 1. The van der Waals surface area contributed by atoms with Gasteiger partial charge in [-0.2, -0.15) is 0 Å². The molecule has 0 fully saturated rings. The molecule has 1 aliphatic carbocycles. The maximum atomic E-state index is 13.4. The number of phenolic OH excluding ortho intramolecular Hbond substituents is 1. The Bertz CT molecular complexity index is 1070. The largest absolute Gasteiger partial charge is 0.504 e. The first-order valence-electron chi connectivity index (χ1n) is 10.2. The number of phenols is 1. The number of carbonyl (C=O) groups is 2. The molecule has 2 aliphatic rings. The van der Waals surface area contributed by atoms with Crippen LogP contribution in [0.2, 0.25) is 0 Å². The van der Waals surface area contributed by atoms with Crippen molar-refractivity contribution in [2.45, 2.75) is 46.0 Å². The van der Waals surface area contributed by atoms with Crippen LogP contribution in [-0.4, -0.2) is 23.9 Å². The van der Waals surface area contributed by atoms with Crippen LogP contribution < -0.4 is 9.64 Å². The van der Waals surface area contributed by atoms with Crippen LogP contribution in [0.5, 0.6) is 11.5 Å². The van der Waals surface area contributed by atoms with Crippen LogP contribution in [0, 0.1) is 12.3 Å². The van der Waals surface area contributed by atoms with Crippen molar-refractivity contribution >= 4 is 17.4 Å². The van der Waals surface area contributed by atoms with Gasteiger partial charge in [0.2, 0.25) is 5.91 Å². The maximum absolute atomic E-state index is 13.4. The second kappa shape index (κ2) is 7.31. The van der Waals surface area contributed by atoms with Gasteiger partial charge < -0.3 is 9.84 Å².